The highest BCUT2D eigenvalue weighted by molar-refractivity contribution is 9.09. The quantitative estimate of drug-likeness (QED) is 0.503. The Labute approximate surface area is 86.6 Å². The molecule has 0 amide bonds. The molecule has 1 rings (SSSR count). The molecule has 0 aliphatic rings. The van der Waals surface area contributed by atoms with Gasteiger partial charge in [-0.1, -0.05) is 40.2 Å². The van der Waals surface area contributed by atoms with Crippen molar-refractivity contribution in [3.05, 3.63) is 35.4 Å². The summed E-state index contributed by atoms with van der Waals surface area (Å²) in [5.74, 6) is 0. The zero-order valence-corrected chi connectivity index (χ0v) is 9.34. The highest BCUT2D eigenvalue weighted by Gasteiger charge is 2.28. The Balaban J connectivity index is 3.12. The van der Waals surface area contributed by atoms with Gasteiger partial charge >= 0.3 is 0 Å². The van der Waals surface area contributed by atoms with E-state index >= 15 is 0 Å². The van der Waals surface area contributed by atoms with Crippen LogP contribution >= 0.6 is 15.9 Å². The number of alkyl halides is 1. The maximum Gasteiger partial charge on any atom is 0.135 e. The average molecular weight is 245 g/mol. The number of halogens is 1. The zero-order chi connectivity index (χ0) is 9.90. The predicted molar refractivity (Wildman–Crippen MR) is 56.0 cm³/mol. The van der Waals surface area contributed by atoms with Gasteiger partial charge in [0, 0.05) is 5.33 Å². The molecule has 1 aromatic carbocycles. The van der Waals surface area contributed by atoms with E-state index in [0.29, 0.717) is 5.33 Å². The second kappa shape index (κ2) is 4.22. The van der Waals surface area contributed by atoms with Crippen LogP contribution in [0.1, 0.15) is 18.1 Å². The molecule has 0 heterocycles. The molecular weight excluding hydrogens is 232 g/mol. The monoisotopic (exact) mass is 244 g/mol. The third kappa shape index (κ3) is 2.10. The molecule has 0 saturated carbocycles. The number of benzene rings is 1. The van der Waals surface area contributed by atoms with Gasteiger partial charge in [0.1, 0.15) is 5.60 Å². The normalized spacial score (nSPS) is 15.4. The Morgan fingerprint density at radius 2 is 2.08 bits per heavy atom. The van der Waals surface area contributed by atoms with Crippen LogP contribution in [-0.4, -0.2) is 10.6 Å². The summed E-state index contributed by atoms with van der Waals surface area (Å²) in [6.07, 6.45) is 0. The van der Waals surface area contributed by atoms with Crippen LogP contribution in [0.2, 0.25) is 0 Å². The molecule has 0 aromatic heterocycles. The molecule has 2 nitrogen and oxygen atoms in total. The van der Waals surface area contributed by atoms with E-state index in [9.17, 15) is 0 Å². The fraction of sp³-hybridized carbons (Fsp3) is 0.400. The first kappa shape index (κ1) is 10.7. The third-order valence-corrected chi connectivity index (χ3v) is 3.24. The van der Waals surface area contributed by atoms with E-state index in [2.05, 4.69) is 20.8 Å². The molecule has 1 unspecified atom stereocenters. The van der Waals surface area contributed by atoms with Crippen molar-refractivity contribution in [2.45, 2.75) is 19.4 Å². The van der Waals surface area contributed by atoms with Crippen molar-refractivity contribution in [3.8, 4) is 0 Å². The lowest BCUT2D eigenvalue weighted by Gasteiger charge is -2.25. The summed E-state index contributed by atoms with van der Waals surface area (Å²) in [6.45, 7) is 3.83. The molecule has 72 valence electrons. The van der Waals surface area contributed by atoms with Gasteiger partial charge in [0.25, 0.3) is 0 Å². The van der Waals surface area contributed by atoms with Crippen molar-refractivity contribution in [2.24, 2.45) is 0 Å². The van der Waals surface area contributed by atoms with Gasteiger partial charge in [-0.3, -0.25) is 5.26 Å². The van der Waals surface area contributed by atoms with E-state index in [-0.39, 0.29) is 0 Å². The van der Waals surface area contributed by atoms with Crippen LogP contribution in [0.3, 0.4) is 0 Å². The summed E-state index contributed by atoms with van der Waals surface area (Å²) in [5, 5.41) is 9.39. The molecule has 0 aliphatic heterocycles. The summed E-state index contributed by atoms with van der Waals surface area (Å²) < 4.78 is 0. The highest BCUT2D eigenvalue weighted by Crippen LogP contribution is 2.28. The standard InChI is InChI=1S/C10H13BrO2/c1-8-5-3-4-6-9(8)10(2,7-11)13-12/h3-6,12H,7H2,1-2H3. The van der Waals surface area contributed by atoms with E-state index in [0.717, 1.165) is 11.1 Å². The Bertz CT molecular complexity index is 282. The van der Waals surface area contributed by atoms with Crippen LogP contribution < -0.4 is 0 Å². The SMILES string of the molecule is Cc1ccccc1C(C)(CBr)OO. The lowest BCUT2D eigenvalue weighted by Crippen LogP contribution is -2.27. The van der Waals surface area contributed by atoms with E-state index in [1.54, 1.807) is 0 Å². The molecule has 0 fully saturated rings. The molecule has 0 bridgehead atoms. The number of rotatable bonds is 3. The molecule has 0 saturated heterocycles. The minimum absolute atomic E-state index is 0.557. The summed E-state index contributed by atoms with van der Waals surface area (Å²) in [7, 11) is 0. The first-order valence-corrected chi connectivity index (χ1v) is 5.21. The lowest BCUT2D eigenvalue weighted by molar-refractivity contribution is -0.316. The Kier molecular flexibility index (Phi) is 3.47. The second-order valence-corrected chi connectivity index (χ2v) is 3.83. The molecule has 0 aliphatic carbocycles. The third-order valence-electron chi connectivity index (χ3n) is 2.17. The largest absolute Gasteiger partial charge is 0.251 e. The van der Waals surface area contributed by atoms with E-state index in [4.69, 9.17) is 5.26 Å². The summed E-state index contributed by atoms with van der Waals surface area (Å²) in [4.78, 5) is 4.51. The van der Waals surface area contributed by atoms with E-state index in [1.165, 1.54) is 0 Å². The summed E-state index contributed by atoms with van der Waals surface area (Å²) >= 11 is 3.32. The summed E-state index contributed by atoms with van der Waals surface area (Å²) in [5.41, 5.74) is 1.44. The van der Waals surface area contributed by atoms with Gasteiger partial charge in [0.05, 0.1) is 0 Å². The van der Waals surface area contributed by atoms with Crippen molar-refractivity contribution in [2.75, 3.05) is 5.33 Å². The topological polar surface area (TPSA) is 29.5 Å². The minimum atomic E-state index is -0.661. The summed E-state index contributed by atoms with van der Waals surface area (Å²) in [6, 6.07) is 7.84. The second-order valence-electron chi connectivity index (χ2n) is 3.27. The van der Waals surface area contributed by atoms with Crippen molar-refractivity contribution < 1.29 is 10.1 Å². The van der Waals surface area contributed by atoms with Crippen LogP contribution in [0.15, 0.2) is 24.3 Å². The molecule has 1 aromatic rings. The van der Waals surface area contributed by atoms with Crippen molar-refractivity contribution >= 4 is 15.9 Å². The molecule has 0 radical (unpaired) electrons. The first-order chi connectivity index (χ1) is 6.14. The highest BCUT2D eigenvalue weighted by atomic mass is 79.9. The molecule has 13 heavy (non-hydrogen) atoms. The fourth-order valence-corrected chi connectivity index (χ4v) is 1.72. The average Bonchev–Trinajstić information content (AvgIpc) is 2.17. The van der Waals surface area contributed by atoms with Crippen LogP contribution in [0.4, 0.5) is 0 Å². The van der Waals surface area contributed by atoms with Gasteiger partial charge in [-0.25, -0.2) is 4.89 Å². The Hall–Kier alpha value is -0.380. The van der Waals surface area contributed by atoms with Crippen LogP contribution in [-0.2, 0) is 10.5 Å². The molecule has 1 N–H and O–H groups in total. The minimum Gasteiger partial charge on any atom is -0.251 e. The Morgan fingerprint density at radius 1 is 1.46 bits per heavy atom. The maximum atomic E-state index is 8.83. The fourth-order valence-electron chi connectivity index (χ4n) is 1.31. The van der Waals surface area contributed by atoms with Gasteiger partial charge in [-0.2, -0.15) is 0 Å². The van der Waals surface area contributed by atoms with Gasteiger partial charge < -0.3 is 0 Å². The first-order valence-electron chi connectivity index (χ1n) is 4.08. The van der Waals surface area contributed by atoms with E-state index < -0.39 is 5.60 Å². The predicted octanol–water partition coefficient (Wildman–Crippen LogP) is 3.09. The van der Waals surface area contributed by atoms with Gasteiger partial charge in [-0.05, 0) is 25.0 Å². The number of aryl methyl sites for hydroxylation is 1. The van der Waals surface area contributed by atoms with Crippen molar-refractivity contribution in [3.63, 3.8) is 0 Å². The number of hydrogen-bond donors (Lipinski definition) is 1. The number of hydrogen-bond acceptors (Lipinski definition) is 2. The maximum absolute atomic E-state index is 8.83. The van der Waals surface area contributed by atoms with Gasteiger partial charge in [0.2, 0.25) is 0 Å². The van der Waals surface area contributed by atoms with Crippen molar-refractivity contribution in [1.82, 2.24) is 0 Å². The van der Waals surface area contributed by atoms with Crippen LogP contribution in [0, 0.1) is 6.92 Å². The van der Waals surface area contributed by atoms with Crippen LogP contribution in [0.5, 0.6) is 0 Å². The van der Waals surface area contributed by atoms with Gasteiger partial charge in [-0.15, -0.1) is 0 Å². The molecule has 3 heteroatoms. The zero-order valence-electron chi connectivity index (χ0n) is 7.75. The molecule has 1 atom stereocenters. The van der Waals surface area contributed by atoms with Crippen molar-refractivity contribution in [1.29, 1.82) is 0 Å². The molecular formula is C10H13BrO2. The van der Waals surface area contributed by atoms with E-state index in [1.807, 2.05) is 38.1 Å². The molecule has 0 spiro atoms. The lowest BCUT2D eigenvalue weighted by atomic mass is 9.94. The smallest absolute Gasteiger partial charge is 0.135 e. The van der Waals surface area contributed by atoms with Crippen LogP contribution in [0.25, 0.3) is 0 Å². The Morgan fingerprint density at radius 3 is 2.54 bits per heavy atom. The van der Waals surface area contributed by atoms with Gasteiger partial charge in [0.15, 0.2) is 0 Å².